The number of fused-ring (bicyclic) bond motifs is 3. The Morgan fingerprint density at radius 1 is 0.463 bits per heavy atom. The van der Waals surface area contributed by atoms with E-state index in [2.05, 4.69) is 119 Å². The van der Waals surface area contributed by atoms with E-state index in [1.54, 1.807) is 0 Å². The fraction of sp³-hybridized carbons (Fsp3) is 0. The van der Waals surface area contributed by atoms with Gasteiger partial charge in [-0.25, -0.2) is 4.98 Å². The quantitative estimate of drug-likeness (QED) is 0.215. The average Bonchev–Trinajstić information content (AvgIpc) is 3.44. The molecule has 3 nitrogen and oxygen atoms in total. The smallest absolute Gasteiger partial charge is 0.138 e. The van der Waals surface area contributed by atoms with Crippen molar-refractivity contribution < 1.29 is 0 Å². The summed E-state index contributed by atoms with van der Waals surface area (Å²) in [7, 11) is 0. The maximum Gasteiger partial charge on any atom is 0.138 e. The van der Waals surface area contributed by atoms with Crippen LogP contribution in [0.25, 0.3) is 72.1 Å². The van der Waals surface area contributed by atoms with Gasteiger partial charge in [0, 0.05) is 18.0 Å². The summed E-state index contributed by atoms with van der Waals surface area (Å²) < 4.78 is 2.16. The minimum atomic E-state index is 0.861. The Balaban J connectivity index is 1.43. The first-order chi connectivity index (χ1) is 20.4. The van der Waals surface area contributed by atoms with Crippen molar-refractivity contribution >= 4 is 27.2 Å². The third-order valence-corrected chi connectivity index (χ3v) is 7.86. The Morgan fingerprint density at radius 3 is 1.73 bits per heavy atom. The van der Waals surface area contributed by atoms with Gasteiger partial charge >= 0.3 is 0 Å². The van der Waals surface area contributed by atoms with Crippen molar-refractivity contribution in [2.24, 2.45) is 0 Å². The van der Waals surface area contributed by atoms with Crippen molar-refractivity contribution in [3.8, 4) is 44.9 Å². The third-order valence-electron chi connectivity index (χ3n) is 7.86. The number of nitrogens with zero attached hydrogens (tertiary/aromatic N) is 3. The molecule has 0 N–H and O–H groups in total. The Bertz CT molecular complexity index is 2140. The average molecular weight is 524 g/mol. The van der Waals surface area contributed by atoms with E-state index < -0.39 is 0 Å². The van der Waals surface area contributed by atoms with Crippen molar-refractivity contribution in [2.75, 3.05) is 0 Å². The molecule has 0 atom stereocenters. The lowest BCUT2D eigenvalue weighted by molar-refractivity contribution is 1.19. The van der Waals surface area contributed by atoms with Gasteiger partial charge in [-0.2, -0.15) is 0 Å². The molecule has 0 aliphatic carbocycles. The standard InChI is InChI=1S/C38H25N3/c1-2-13-26(14-3-1)35-29-17-4-6-19-31(29)36(32-20-7-5-18-30(32)35)27-15-12-16-28(25-27)38-37(33-21-8-10-23-39-33)40-34-22-9-11-24-41(34)38/h1-25H. The molecule has 0 aliphatic heterocycles. The summed E-state index contributed by atoms with van der Waals surface area (Å²) in [6.07, 6.45) is 3.91. The van der Waals surface area contributed by atoms with E-state index in [0.717, 1.165) is 28.3 Å². The van der Waals surface area contributed by atoms with E-state index >= 15 is 0 Å². The first-order valence-corrected chi connectivity index (χ1v) is 13.8. The molecule has 0 spiro atoms. The van der Waals surface area contributed by atoms with Crippen LogP contribution in [0, 0.1) is 0 Å². The molecule has 0 unspecified atom stereocenters. The van der Waals surface area contributed by atoms with E-state index in [1.165, 1.54) is 43.8 Å². The minimum absolute atomic E-state index is 0.861. The van der Waals surface area contributed by atoms with Crippen LogP contribution < -0.4 is 0 Å². The Hall–Kier alpha value is -5.54. The highest BCUT2D eigenvalue weighted by Gasteiger charge is 2.19. The number of rotatable bonds is 4. The van der Waals surface area contributed by atoms with Crippen LogP contribution in [0.1, 0.15) is 0 Å². The predicted molar refractivity (Wildman–Crippen MR) is 170 cm³/mol. The molecule has 0 saturated heterocycles. The van der Waals surface area contributed by atoms with Crippen LogP contribution in [0.2, 0.25) is 0 Å². The topological polar surface area (TPSA) is 30.2 Å². The molecule has 0 saturated carbocycles. The first kappa shape index (κ1) is 23.4. The van der Waals surface area contributed by atoms with E-state index in [1.807, 2.05) is 42.6 Å². The first-order valence-electron chi connectivity index (χ1n) is 13.8. The van der Waals surface area contributed by atoms with Crippen LogP contribution >= 0.6 is 0 Å². The second-order valence-electron chi connectivity index (χ2n) is 10.2. The molecule has 0 radical (unpaired) electrons. The number of aromatic nitrogens is 3. The van der Waals surface area contributed by atoms with Crippen LogP contribution in [0.15, 0.2) is 152 Å². The van der Waals surface area contributed by atoms with E-state index in [0.29, 0.717) is 0 Å². The number of benzene rings is 5. The molecule has 8 aromatic rings. The van der Waals surface area contributed by atoms with E-state index in [-0.39, 0.29) is 0 Å². The fourth-order valence-electron chi connectivity index (χ4n) is 6.13. The zero-order valence-electron chi connectivity index (χ0n) is 22.3. The minimum Gasteiger partial charge on any atom is -0.299 e. The summed E-state index contributed by atoms with van der Waals surface area (Å²) in [5.41, 5.74) is 9.69. The van der Waals surface area contributed by atoms with Crippen LogP contribution in [0.5, 0.6) is 0 Å². The van der Waals surface area contributed by atoms with Gasteiger partial charge in [0.1, 0.15) is 11.3 Å². The van der Waals surface area contributed by atoms with Gasteiger partial charge in [-0.3, -0.25) is 9.38 Å². The largest absolute Gasteiger partial charge is 0.299 e. The van der Waals surface area contributed by atoms with Crippen molar-refractivity contribution in [1.82, 2.24) is 14.4 Å². The maximum atomic E-state index is 5.01. The Morgan fingerprint density at radius 2 is 1.05 bits per heavy atom. The van der Waals surface area contributed by atoms with Gasteiger partial charge in [0.2, 0.25) is 0 Å². The van der Waals surface area contributed by atoms with Gasteiger partial charge in [0.25, 0.3) is 0 Å². The number of hydrogen-bond acceptors (Lipinski definition) is 2. The van der Waals surface area contributed by atoms with Gasteiger partial charge in [-0.15, -0.1) is 0 Å². The van der Waals surface area contributed by atoms with Crippen molar-refractivity contribution in [3.05, 3.63) is 152 Å². The monoisotopic (exact) mass is 523 g/mol. The van der Waals surface area contributed by atoms with Crippen LogP contribution in [-0.4, -0.2) is 14.4 Å². The van der Waals surface area contributed by atoms with Crippen LogP contribution in [-0.2, 0) is 0 Å². The van der Waals surface area contributed by atoms with Gasteiger partial charge in [-0.05, 0) is 74.1 Å². The van der Waals surface area contributed by atoms with E-state index in [4.69, 9.17) is 4.98 Å². The lowest BCUT2D eigenvalue weighted by atomic mass is 9.85. The molecular weight excluding hydrogens is 498 g/mol. The van der Waals surface area contributed by atoms with E-state index in [9.17, 15) is 0 Å². The molecule has 8 rings (SSSR count). The number of imidazole rings is 1. The van der Waals surface area contributed by atoms with Gasteiger partial charge in [0.05, 0.1) is 11.4 Å². The maximum absolute atomic E-state index is 5.01. The Kier molecular flexibility index (Phi) is 5.46. The molecule has 3 heteroatoms. The SMILES string of the molecule is c1ccc(-c2c3ccccc3c(-c3cccc(-c4c(-c5ccccn5)nc5ccccn45)c3)c3ccccc23)cc1. The molecule has 41 heavy (non-hydrogen) atoms. The van der Waals surface area contributed by atoms with Crippen LogP contribution in [0.4, 0.5) is 0 Å². The van der Waals surface area contributed by atoms with Crippen molar-refractivity contribution in [1.29, 1.82) is 0 Å². The highest BCUT2D eigenvalue weighted by Crippen LogP contribution is 2.44. The third kappa shape index (κ3) is 3.82. The number of hydrogen-bond donors (Lipinski definition) is 0. The molecule has 0 bridgehead atoms. The summed E-state index contributed by atoms with van der Waals surface area (Å²) >= 11 is 0. The zero-order valence-corrected chi connectivity index (χ0v) is 22.3. The molecule has 0 aliphatic rings. The summed E-state index contributed by atoms with van der Waals surface area (Å²) in [5.74, 6) is 0. The van der Waals surface area contributed by atoms with Crippen molar-refractivity contribution in [2.45, 2.75) is 0 Å². The Labute approximate surface area is 238 Å². The summed E-state index contributed by atoms with van der Waals surface area (Å²) in [5, 5.41) is 4.99. The molecule has 0 amide bonds. The fourth-order valence-corrected chi connectivity index (χ4v) is 6.13. The summed E-state index contributed by atoms with van der Waals surface area (Å²) in [6.45, 7) is 0. The lowest BCUT2D eigenvalue weighted by Crippen LogP contribution is -1.93. The molecule has 0 fully saturated rings. The lowest BCUT2D eigenvalue weighted by Gasteiger charge is -2.18. The molecule has 3 heterocycles. The highest BCUT2D eigenvalue weighted by atomic mass is 15.0. The second-order valence-corrected chi connectivity index (χ2v) is 10.2. The van der Waals surface area contributed by atoms with Crippen molar-refractivity contribution in [3.63, 3.8) is 0 Å². The van der Waals surface area contributed by atoms with Gasteiger partial charge in [0.15, 0.2) is 0 Å². The predicted octanol–water partition coefficient (Wildman–Crippen LogP) is 9.70. The second kappa shape index (κ2) is 9.58. The summed E-state index contributed by atoms with van der Waals surface area (Å²) in [4.78, 5) is 9.66. The van der Waals surface area contributed by atoms with Gasteiger partial charge < -0.3 is 0 Å². The van der Waals surface area contributed by atoms with Gasteiger partial charge in [-0.1, -0.05) is 109 Å². The zero-order chi connectivity index (χ0) is 27.2. The summed E-state index contributed by atoms with van der Waals surface area (Å²) in [6, 6.07) is 49.3. The van der Waals surface area contributed by atoms with Crippen LogP contribution in [0.3, 0.4) is 0 Å². The number of pyridine rings is 2. The normalized spacial score (nSPS) is 11.4. The molecule has 192 valence electrons. The molecular formula is C38H25N3. The highest BCUT2D eigenvalue weighted by molar-refractivity contribution is 6.21. The molecule has 5 aromatic carbocycles. The molecule has 3 aromatic heterocycles.